The second-order valence-corrected chi connectivity index (χ2v) is 8.14. The van der Waals surface area contributed by atoms with E-state index < -0.39 is 15.1 Å². The second-order valence-electron chi connectivity index (χ2n) is 5.91. The SMILES string of the molecule is CCC(COC=O)S(=O)(=O)c1ccccc1.CCCCc1ccccc1. The number of rotatable bonds is 9. The lowest BCUT2D eigenvalue weighted by molar-refractivity contribution is -0.128. The summed E-state index contributed by atoms with van der Waals surface area (Å²) in [7, 11) is -3.41. The third kappa shape index (κ3) is 7.40. The van der Waals surface area contributed by atoms with Crippen molar-refractivity contribution < 1.29 is 17.9 Å². The van der Waals surface area contributed by atoms with E-state index in [0.29, 0.717) is 6.42 Å². The highest BCUT2D eigenvalue weighted by Crippen LogP contribution is 2.18. The molecule has 2 aromatic rings. The first-order valence-electron chi connectivity index (χ1n) is 8.94. The zero-order chi connectivity index (χ0) is 19.3. The second kappa shape index (κ2) is 12.3. The van der Waals surface area contributed by atoms with Gasteiger partial charge >= 0.3 is 0 Å². The molecular formula is C21H28O4S. The van der Waals surface area contributed by atoms with E-state index in [2.05, 4.69) is 42.0 Å². The van der Waals surface area contributed by atoms with Crippen LogP contribution < -0.4 is 0 Å². The maximum atomic E-state index is 12.1. The summed E-state index contributed by atoms with van der Waals surface area (Å²) < 4.78 is 28.7. The fourth-order valence-corrected chi connectivity index (χ4v) is 4.02. The number of carbonyl (C=O) groups excluding carboxylic acids is 1. The van der Waals surface area contributed by atoms with Gasteiger partial charge in [0.1, 0.15) is 6.61 Å². The minimum absolute atomic E-state index is 0.1000. The molecule has 0 fully saturated rings. The number of aryl methyl sites for hydroxylation is 1. The highest BCUT2D eigenvalue weighted by atomic mass is 32.2. The third-order valence-electron chi connectivity index (χ3n) is 3.98. The van der Waals surface area contributed by atoms with Crippen LogP contribution in [0.1, 0.15) is 38.7 Å². The van der Waals surface area contributed by atoms with Crippen LogP contribution >= 0.6 is 0 Å². The first-order valence-corrected chi connectivity index (χ1v) is 10.5. The minimum Gasteiger partial charge on any atom is -0.467 e. The maximum absolute atomic E-state index is 12.1. The van der Waals surface area contributed by atoms with Gasteiger partial charge in [-0.2, -0.15) is 0 Å². The summed E-state index contributed by atoms with van der Waals surface area (Å²) in [6.45, 7) is 4.14. The summed E-state index contributed by atoms with van der Waals surface area (Å²) in [5.41, 5.74) is 1.46. The Balaban J connectivity index is 0.000000289. The molecule has 0 amide bonds. The summed E-state index contributed by atoms with van der Waals surface area (Å²) in [5, 5.41) is -0.680. The predicted octanol–water partition coefficient (Wildman–Crippen LogP) is 4.44. The summed E-state index contributed by atoms with van der Waals surface area (Å²) in [4.78, 5) is 10.3. The number of unbranched alkanes of at least 4 members (excludes halogenated alkanes) is 1. The number of benzene rings is 2. The summed E-state index contributed by atoms with van der Waals surface area (Å²) in [5.74, 6) is 0. The van der Waals surface area contributed by atoms with Gasteiger partial charge in [-0.3, -0.25) is 4.79 Å². The average molecular weight is 377 g/mol. The topological polar surface area (TPSA) is 60.4 Å². The molecule has 0 aliphatic rings. The van der Waals surface area contributed by atoms with Crippen LogP contribution in [0, 0.1) is 0 Å². The van der Waals surface area contributed by atoms with Crippen molar-refractivity contribution in [1.82, 2.24) is 0 Å². The van der Waals surface area contributed by atoms with Crippen LogP contribution in [0.15, 0.2) is 65.6 Å². The molecule has 0 heterocycles. The molecule has 0 aliphatic heterocycles. The molecule has 26 heavy (non-hydrogen) atoms. The van der Waals surface area contributed by atoms with Gasteiger partial charge in [-0.25, -0.2) is 8.42 Å². The van der Waals surface area contributed by atoms with Gasteiger partial charge < -0.3 is 4.74 Å². The molecule has 0 aromatic heterocycles. The number of carbonyl (C=O) groups is 1. The summed E-state index contributed by atoms with van der Waals surface area (Å²) >= 11 is 0. The largest absolute Gasteiger partial charge is 0.467 e. The molecule has 142 valence electrons. The van der Waals surface area contributed by atoms with Crippen molar-refractivity contribution in [3.63, 3.8) is 0 Å². The number of ether oxygens (including phenoxy) is 1. The number of sulfone groups is 1. The lowest BCUT2D eigenvalue weighted by atomic mass is 10.1. The first-order chi connectivity index (χ1) is 12.6. The Hall–Kier alpha value is -2.14. The number of hydrogen-bond donors (Lipinski definition) is 0. The normalized spacial score (nSPS) is 11.8. The molecule has 4 nitrogen and oxygen atoms in total. The van der Waals surface area contributed by atoms with Gasteiger partial charge in [0.2, 0.25) is 0 Å². The van der Waals surface area contributed by atoms with E-state index in [0.717, 1.165) is 0 Å². The Morgan fingerprint density at radius 2 is 1.54 bits per heavy atom. The quantitative estimate of drug-likeness (QED) is 0.607. The average Bonchev–Trinajstić information content (AvgIpc) is 2.69. The molecule has 2 aromatic carbocycles. The zero-order valence-corrected chi connectivity index (χ0v) is 16.3. The van der Waals surface area contributed by atoms with Crippen molar-refractivity contribution in [3.05, 3.63) is 66.2 Å². The van der Waals surface area contributed by atoms with Gasteiger partial charge in [0.05, 0.1) is 10.1 Å². The Labute approximate surface area is 157 Å². The van der Waals surface area contributed by atoms with Gasteiger partial charge in [-0.05, 0) is 37.0 Å². The van der Waals surface area contributed by atoms with Crippen LogP contribution in [-0.4, -0.2) is 26.7 Å². The van der Waals surface area contributed by atoms with Gasteiger partial charge in [-0.1, -0.05) is 68.8 Å². The Morgan fingerprint density at radius 3 is 2.04 bits per heavy atom. The molecule has 1 atom stereocenters. The van der Waals surface area contributed by atoms with Crippen LogP contribution in [-0.2, 0) is 25.8 Å². The monoisotopic (exact) mass is 376 g/mol. The van der Waals surface area contributed by atoms with Gasteiger partial charge in [0.25, 0.3) is 6.47 Å². The zero-order valence-electron chi connectivity index (χ0n) is 15.5. The molecule has 2 rings (SSSR count). The van der Waals surface area contributed by atoms with E-state index >= 15 is 0 Å². The number of hydrogen-bond acceptors (Lipinski definition) is 4. The minimum atomic E-state index is -3.41. The molecule has 0 saturated heterocycles. The predicted molar refractivity (Wildman–Crippen MR) is 105 cm³/mol. The van der Waals surface area contributed by atoms with Crippen LogP contribution in [0.3, 0.4) is 0 Å². The molecule has 1 unspecified atom stereocenters. The fraction of sp³-hybridized carbons (Fsp3) is 0.381. The van der Waals surface area contributed by atoms with Crippen molar-refractivity contribution in [2.45, 2.75) is 49.7 Å². The van der Waals surface area contributed by atoms with Crippen molar-refractivity contribution in [3.8, 4) is 0 Å². The Morgan fingerprint density at radius 1 is 0.962 bits per heavy atom. The smallest absolute Gasteiger partial charge is 0.293 e. The van der Waals surface area contributed by atoms with E-state index in [4.69, 9.17) is 0 Å². The highest BCUT2D eigenvalue weighted by Gasteiger charge is 2.26. The van der Waals surface area contributed by atoms with E-state index in [1.807, 2.05) is 0 Å². The fourth-order valence-electron chi connectivity index (χ4n) is 2.40. The third-order valence-corrected chi connectivity index (χ3v) is 6.25. The molecular weight excluding hydrogens is 348 g/mol. The lowest BCUT2D eigenvalue weighted by Crippen LogP contribution is -2.26. The first kappa shape index (κ1) is 21.9. The van der Waals surface area contributed by atoms with Gasteiger partial charge in [0, 0.05) is 0 Å². The van der Waals surface area contributed by atoms with Gasteiger partial charge in [-0.15, -0.1) is 0 Å². The molecule has 0 N–H and O–H groups in total. The highest BCUT2D eigenvalue weighted by molar-refractivity contribution is 7.92. The summed E-state index contributed by atoms with van der Waals surface area (Å²) in [6.07, 6.45) is 4.24. The maximum Gasteiger partial charge on any atom is 0.293 e. The van der Waals surface area contributed by atoms with Crippen molar-refractivity contribution in [2.75, 3.05) is 6.61 Å². The molecule has 0 spiro atoms. The van der Waals surface area contributed by atoms with E-state index in [1.165, 1.54) is 24.8 Å². The Bertz CT molecular complexity index is 712. The summed E-state index contributed by atoms with van der Waals surface area (Å²) in [6, 6.07) is 18.8. The van der Waals surface area contributed by atoms with E-state index in [9.17, 15) is 13.2 Å². The van der Waals surface area contributed by atoms with Crippen molar-refractivity contribution in [1.29, 1.82) is 0 Å². The van der Waals surface area contributed by atoms with Crippen molar-refractivity contribution >= 4 is 16.3 Å². The van der Waals surface area contributed by atoms with E-state index in [-0.39, 0.29) is 18.0 Å². The van der Waals surface area contributed by atoms with Crippen LogP contribution in [0.4, 0.5) is 0 Å². The van der Waals surface area contributed by atoms with Crippen LogP contribution in [0.2, 0.25) is 0 Å². The molecule has 0 saturated carbocycles. The molecule has 0 bridgehead atoms. The van der Waals surface area contributed by atoms with E-state index in [1.54, 1.807) is 37.3 Å². The van der Waals surface area contributed by atoms with Crippen LogP contribution in [0.5, 0.6) is 0 Å². The molecule has 5 heteroatoms. The Kier molecular flexibility index (Phi) is 10.3. The van der Waals surface area contributed by atoms with Gasteiger partial charge in [0.15, 0.2) is 9.84 Å². The molecule has 0 radical (unpaired) electrons. The standard InChI is InChI=1S/C11H14O4S.C10H14/c1-2-10(8-15-9-12)16(13,14)11-6-4-3-5-7-11;1-2-3-7-10-8-5-4-6-9-10/h3-7,9-10H,2,8H2,1H3;4-6,8-9H,2-3,7H2,1H3. The van der Waals surface area contributed by atoms with Crippen molar-refractivity contribution in [2.24, 2.45) is 0 Å². The molecule has 0 aliphatic carbocycles. The van der Waals surface area contributed by atoms with Crippen LogP contribution in [0.25, 0.3) is 0 Å². The lowest BCUT2D eigenvalue weighted by Gasteiger charge is -2.14.